The smallest absolute Gasteiger partial charge is 0.125 e. The van der Waals surface area contributed by atoms with Gasteiger partial charge in [0.25, 0.3) is 0 Å². The van der Waals surface area contributed by atoms with Crippen molar-refractivity contribution in [2.24, 2.45) is 0 Å². The number of fused-ring (bicyclic) bond motifs is 1. The molecule has 1 aromatic carbocycles. The summed E-state index contributed by atoms with van der Waals surface area (Å²) in [7, 11) is 0. The fourth-order valence-electron chi connectivity index (χ4n) is 3.44. The number of halogens is 1. The van der Waals surface area contributed by atoms with Gasteiger partial charge in [-0.25, -0.2) is 4.39 Å². The van der Waals surface area contributed by atoms with Crippen LogP contribution in [0.3, 0.4) is 0 Å². The van der Waals surface area contributed by atoms with Crippen LogP contribution in [0.5, 0.6) is 0 Å². The van der Waals surface area contributed by atoms with Gasteiger partial charge in [-0.3, -0.25) is 0 Å². The second-order valence-corrected chi connectivity index (χ2v) is 6.24. The van der Waals surface area contributed by atoms with Gasteiger partial charge in [0.1, 0.15) is 5.82 Å². The van der Waals surface area contributed by atoms with Crippen molar-refractivity contribution in [2.45, 2.75) is 51.7 Å². The number of hydrogen-bond donors (Lipinski definition) is 2. The largest absolute Gasteiger partial charge is 0.378 e. The van der Waals surface area contributed by atoms with E-state index in [1.807, 2.05) is 6.07 Å². The summed E-state index contributed by atoms with van der Waals surface area (Å²) in [6.07, 6.45) is 4.66. The van der Waals surface area contributed by atoms with Crippen molar-refractivity contribution in [1.29, 1.82) is 0 Å². The van der Waals surface area contributed by atoms with Crippen LogP contribution < -0.4 is 5.32 Å². The molecule has 1 fully saturated rings. The minimum Gasteiger partial charge on any atom is -0.378 e. The standard InChI is InChI=1S/C18H25FN2O/c1-3-15-11-14(7-9-22-15)20-8-6-16-12(2)21-18-10-13(19)4-5-17(16)18/h4-5,10,14-15,20-21H,3,6-9,11H2,1-2H3. The van der Waals surface area contributed by atoms with Crippen LogP contribution in [0.4, 0.5) is 4.39 Å². The molecule has 1 aliphatic rings. The Hall–Kier alpha value is -1.39. The van der Waals surface area contributed by atoms with Crippen molar-refractivity contribution in [1.82, 2.24) is 10.3 Å². The minimum atomic E-state index is -0.189. The van der Waals surface area contributed by atoms with E-state index in [-0.39, 0.29) is 5.82 Å². The number of rotatable bonds is 5. The summed E-state index contributed by atoms with van der Waals surface area (Å²) in [6, 6.07) is 5.55. The van der Waals surface area contributed by atoms with Gasteiger partial charge < -0.3 is 15.0 Å². The third-order valence-electron chi connectivity index (χ3n) is 4.71. The predicted octanol–water partition coefficient (Wildman–Crippen LogP) is 3.71. The number of ether oxygens (including phenoxy) is 1. The third-order valence-corrected chi connectivity index (χ3v) is 4.71. The Morgan fingerprint density at radius 2 is 2.27 bits per heavy atom. The average Bonchev–Trinajstić information content (AvgIpc) is 2.82. The molecule has 3 nitrogen and oxygen atoms in total. The average molecular weight is 304 g/mol. The van der Waals surface area contributed by atoms with Gasteiger partial charge in [-0.1, -0.05) is 6.92 Å². The molecule has 1 aromatic heterocycles. The molecule has 0 aliphatic carbocycles. The van der Waals surface area contributed by atoms with Crippen molar-refractivity contribution < 1.29 is 9.13 Å². The Labute approximate surface area is 131 Å². The first kappa shape index (κ1) is 15.5. The summed E-state index contributed by atoms with van der Waals surface area (Å²) >= 11 is 0. The molecular weight excluding hydrogens is 279 g/mol. The first-order valence-corrected chi connectivity index (χ1v) is 8.29. The number of aromatic amines is 1. The SMILES string of the molecule is CCC1CC(NCCc2c(C)[nH]c3cc(F)ccc23)CCO1. The Bertz CT molecular complexity index is 637. The highest BCUT2D eigenvalue weighted by Gasteiger charge is 2.20. The fraction of sp³-hybridized carbons (Fsp3) is 0.556. The number of aromatic nitrogens is 1. The van der Waals surface area contributed by atoms with Crippen molar-refractivity contribution in [3.8, 4) is 0 Å². The monoisotopic (exact) mass is 304 g/mol. The molecule has 120 valence electrons. The van der Waals surface area contributed by atoms with Crippen LogP contribution in [0, 0.1) is 12.7 Å². The van der Waals surface area contributed by atoms with Crippen LogP contribution in [0.1, 0.15) is 37.4 Å². The summed E-state index contributed by atoms with van der Waals surface area (Å²) in [4.78, 5) is 3.28. The van der Waals surface area contributed by atoms with Gasteiger partial charge >= 0.3 is 0 Å². The van der Waals surface area contributed by atoms with E-state index in [0.29, 0.717) is 12.1 Å². The third kappa shape index (κ3) is 3.33. The van der Waals surface area contributed by atoms with Gasteiger partial charge in [0.2, 0.25) is 0 Å². The topological polar surface area (TPSA) is 37.0 Å². The minimum absolute atomic E-state index is 0.189. The van der Waals surface area contributed by atoms with Crippen LogP contribution in [-0.2, 0) is 11.2 Å². The molecule has 2 atom stereocenters. The van der Waals surface area contributed by atoms with Gasteiger partial charge in [-0.2, -0.15) is 0 Å². The van der Waals surface area contributed by atoms with E-state index >= 15 is 0 Å². The zero-order valence-electron chi connectivity index (χ0n) is 13.4. The summed E-state index contributed by atoms with van der Waals surface area (Å²) < 4.78 is 19.0. The molecule has 2 heterocycles. The fourth-order valence-corrected chi connectivity index (χ4v) is 3.44. The first-order valence-electron chi connectivity index (χ1n) is 8.29. The molecule has 2 aromatic rings. The van der Waals surface area contributed by atoms with Gasteiger partial charge in [-0.05, 0) is 62.9 Å². The van der Waals surface area contributed by atoms with E-state index < -0.39 is 0 Å². The number of benzene rings is 1. The maximum Gasteiger partial charge on any atom is 0.125 e. The number of aryl methyl sites for hydroxylation is 1. The lowest BCUT2D eigenvalue weighted by atomic mass is 10.0. The van der Waals surface area contributed by atoms with Crippen LogP contribution in [0.15, 0.2) is 18.2 Å². The Morgan fingerprint density at radius 3 is 3.09 bits per heavy atom. The van der Waals surface area contributed by atoms with Crippen LogP contribution in [0.2, 0.25) is 0 Å². The van der Waals surface area contributed by atoms with Gasteiger partial charge in [0.15, 0.2) is 0 Å². The second kappa shape index (κ2) is 6.80. The summed E-state index contributed by atoms with van der Waals surface area (Å²) in [5, 5.41) is 4.80. The molecule has 0 spiro atoms. The Kier molecular flexibility index (Phi) is 4.79. The highest BCUT2D eigenvalue weighted by Crippen LogP contribution is 2.23. The highest BCUT2D eigenvalue weighted by molar-refractivity contribution is 5.84. The zero-order chi connectivity index (χ0) is 15.5. The predicted molar refractivity (Wildman–Crippen MR) is 87.8 cm³/mol. The lowest BCUT2D eigenvalue weighted by Gasteiger charge is -2.29. The molecule has 1 aliphatic heterocycles. The van der Waals surface area contributed by atoms with Gasteiger partial charge in [0.05, 0.1) is 6.10 Å². The molecule has 0 bridgehead atoms. The Morgan fingerprint density at radius 1 is 1.41 bits per heavy atom. The normalized spacial score (nSPS) is 22.3. The maximum absolute atomic E-state index is 13.3. The lowest BCUT2D eigenvalue weighted by molar-refractivity contribution is 0.000117. The quantitative estimate of drug-likeness (QED) is 0.883. The summed E-state index contributed by atoms with van der Waals surface area (Å²) in [5.41, 5.74) is 3.33. The molecule has 0 saturated carbocycles. The number of H-pyrrole nitrogens is 1. The summed E-state index contributed by atoms with van der Waals surface area (Å²) in [6.45, 7) is 6.06. The molecule has 4 heteroatoms. The van der Waals surface area contributed by atoms with E-state index in [9.17, 15) is 4.39 Å². The van der Waals surface area contributed by atoms with Crippen LogP contribution in [-0.4, -0.2) is 30.3 Å². The molecule has 2 N–H and O–H groups in total. The molecule has 2 unspecified atom stereocenters. The highest BCUT2D eigenvalue weighted by atomic mass is 19.1. The van der Waals surface area contributed by atoms with E-state index in [1.165, 1.54) is 11.6 Å². The summed E-state index contributed by atoms with van der Waals surface area (Å²) in [5.74, 6) is -0.189. The van der Waals surface area contributed by atoms with Crippen molar-refractivity contribution in [3.05, 3.63) is 35.3 Å². The lowest BCUT2D eigenvalue weighted by Crippen LogP contribution is -2.39. The molecule has 0 radical (unpaired) electrons. The maximum atomic E-state index is 13.3. The number of nitrogens with one attached hydrogen (secondary N) is 2. The molecule has 3 rings (SSSR count). The first-order chi connectivity index (χ1) is 10.7. The molecule has 22 heavy (non-hydrogen) atoms. The van der Waals surface area contributed by atoms with E-state index in [0.717, 1.165) is 55.4 Å². The second-order valence-electron chi connectivity index (χ2n) is 6.24. The van der Waals surface area contributed by atoms with Crippen LogP contribution in [0.25, 0.3) is 10.9 Å². The van der Waals surface area contributed by atoms with Crippen molar-refractivity contribution in [3.63, 3.8) is 0 Å². The molecule has 0 amide bonds. The molecular formula is C18H25FN2O. The van der Waals surface area contributed by atoms with Crippen molar-refractivity contribution in [2.75, 3.05) is 13.2 Å². The van der Waals surface area contributed by atoms with E-state index in [4.69, 9.17) is 4.74 Å². The van der Waals surface area contributed by atoms with Crippen molar-refractivity contribution >= 4 is 10.9 Å². The van der Waals surface area contributed by atoms with Crippen LogP contribution >= 0.6 is 0 Å². The van der Waals surface area contributed by atoms with E-state index in [1.54, 1.807) is 6.07 Å². The Balaban J connectivity index is 1.61. The number of hydrogen-bond acceptors (Lipinski definition) is 2. The molecule has 1 saturated heterocycles. The van der Waals surface area contributed by atoms with E-state index in [2.05, 4.69) is 24.1 Å². The van der Waals surface area contributed by atoms with Gasteiger partial charge in [-0.15, -0.1) is 0 Å². The van der Waals surface area contributed by atoms with Gasteiger partial charge in [0, 0.05) is 29.2 Å². The zero-order valence-corrected chi connectivity index (χ0v) is 13.4.